The molecule has 0 bridgehead atoms. The van der Waals surface area contributed by atoms with Crippen molar-refractivity contribution in [2.75, 3.05) is 18.6 Å². The number of aromatic nitrogens is 2. The highest BCUT2D eigenvalue weighted by Gasteiger charge is 2.20. The lowest BCUT2D eigenvalue weighted by molar-refractivity contribution is 0.251. The molecule has 0 aliphatic carbocycles. The van der Waals surface area contributed by atoms with Gasteiger partial charge in [0, 0.05) is 18.3 Å². The van der Waals surface area contributed by atoms with Crippen molar-refractivity contribution in [1.29, 1.82) is 0 Å². The zero-order valence-corrected chi connectivity index (χ0v) is 11.4. The number of hydrogen-bond acceptors (Lipinski definition) is 4. The highest BCUT2D eigenvalue weighted by atomic mass is 32.2. The second-order valence-corrected chi connectivity index (χ2v) is 5.93. The number of fused-ring (bicyclic) bond motifs is 1. The SMILES string of the molecule is CN(Cc1cnc2ccccc2n1)[C@H]1CCSC1. The molecule has 0 amide bonds. The summed E-state index contributed by atoms with van der Waals surface area (Å²) in [4.78, 5) is 11.5. The van der Waals surface area contributed by atoms with Gasteiger partial charge in [0.25, 0.3) is 0 Å². The first-order chi connectivity index (χ1) is 8.83. The van der Waals surface area contributed by atoms with E-state index in [1.807, 2.05) is 42.2 Å². The minimum atomic E-state index is 0.697. The third-order valence-corrected chi connectivity index (χ3v) is 4.58. The second-order valence-electron chi connectivity index (χ2n) is 4.78. The van der Waals surface area contributed by atoms with E-state index in [0.717, 1.165) is 23.3 Å². The molecular formula is C14H17N3S. The predicted octanol–water partition coefficient (Wildman–Crippen LogP) is 2.57. The van der Waals surface area contributed by atoms with Crippen LogP contribution in [0.15, 0.2) is 30.5 Å². The second kappa shape index (κ2) is 5.24. The van der Waals surface area contributed by atoms with E-state index in [4.69, 9.17) is 0 Å². The molecule has 2 aromatic rings. The first-order valence-electron chi connectivity index (χ1n) is 6.31. The summed E-state index contributed by atoms with van der Waals surface area (Å²) in [5.74, 6) is 2.54. The van der Waals surface area contributed by atoms with Crippen molar-refractivity contribution < 1.29 is 0 Å². The summed E-state index contributed by atoms with van der Waals surface area (Å²) in [6.07, 6.45) is 3.20. The Morgan fingerprint density at radius 3 is 2.94 bits per heavy atom. The van der Waals surface area contributed by atoms with Crippen LogP contribution in [-0.4, -0.2) is 39.5 Å². The largest absolute Gasteiger partial charge is 0.297 e. The van der Waals surface area contributed by atoms with Crippen LogP contribution in [0, 0.1) is 0 Å². The van der Waals surface area contributed by atoms with Gasteiger partial charge in [-0.05, 0) is 31.4 Å². The smallest absolute Gasteiger partial charge is 0.0890 e. The molecule has 4 heteroatoms. The lowest BCUT2D eigenvalue weighted by Crippen LogP contribution is -2.31. The summed E-state index contributed by atoms with van der Waals surface area (Å²) in [7, 11) is 2.19. The van der Waals surface area contributed by atoms with Gasteiger partial charge in [0.05, 0.1) is 22.9 Å². The third-order valence-electron chi connectivity index (χ3n) is 3.44. The van der Waals surface area contributed by atoms with Crippen molar-refractivity contribution in [2.24, 2.45) is 0 Å². The minimum absolute atomic E-state index is 0.697. The number of thioether (sulfide) groups is 1. The van der Waals surface area contributed by atoms with Crippen LogP contribution in [-0.2, 0) is 6.54 Å². The van der Waals surface area contributed by atoms with Crippen molar-refractivity contribution in [2.45, 2.75) is 19.0 Å². The molecule has 0 radical (unpaired) electrons. The van der Waals surface area contributed by atoms with E-state index in [2.05, 4.69) is 21.9 Å². The van der Waals surface area contributed by atoms with Crippen LogP contribution in [0.3, 0.4) is 0 Å². The van der Waals surface area contributed by atoms with Gasteiger partial charge in [-0.2, -0.15) is 11.8 Å². The van der Waals surface area contributed by atoms with Gasteiger partial charge in [-0.3, -0.25) is 9.88 Å². The maximum atomic E-state index is 4.68. The van der Waals surface area contributed by atoms with Gasteiger partial charge in [0.1, 0.15) is 0 Å². The molecule has 0 unspecified atom stereocenters. The fourth-order valence-electron chi connectivity index (χ4n) is 2.33. The Bertz CT molecular complexity index is 537. The lowest BCUT2D eigenvalue weighted by atomic mass is 10.2. The van der Waals surface area contributed by atoms with Crippen LogP contribution >= 0.6 is 11.8 Å². The molecule has 3 rings (SSSR count). The Hall–Kier alpha value is -1.13. The van der Waals surface area contributed by atoms with Gasteiger partial charge in [-0.25, -0.2) is 4.98 Å². The van der Waals surface area contributed by atoms with Gasteiger partial charge in [-0.15, -0.1) is 0 Å². The number of nitrogens with zero attached hydrogens (tertiary/aromatic N) is 3. The quantitative estimate of drug-likeness (QED) is 0.847. The molecule has 0 N–H and O–H groups in total. The van der Waals surface area contributed by atoms with Crippen molar-refractivity contribution in [3.05, 3.63) is 36.2 Å². The Morgan fingerprint density at radius 2 is 2.17 bits per heavy atom. The van der Waals surface area contributed by atoms with Crippen LogP contribution in [0.2, 0.25) is 0 Å². The van der Waals surface area contributed by atoms with Gasteiger partial charge in [0.2, 0.25) is 0 Å². The van der Waals surface area contributed by atoms with E-state index in [9.17, 15) is 0 Å². The zero-order valence-electron chi connectivity index (χ0n) is 10.5. The van der Waals surface area contributed by atoms with E-state index in [-0.39, 0.29) is 0 Å². The van der Waals surface area contributed by atoms with Crippen LogP contribution < -0.4 is 0 Å². The first-order valence-corrected chi connectivity index (χ1v) is 7.47. The van der Waals surface area contributed by atoms with Crippen molar-refractivity contribution in [3.8, 4) is 0 Å². The molecule has 1 fully saturated rings. The van der Waals surface area contributed by atoms with Gasteiger partial charge in [0.15, 0.2) is 0 Å². The lowest BCUT2D eigenvalue weighted by Gasteiger charge is -2.22. The topological polar surface area (TPSA) is 29.0 Å². The molecule has 1 aromatic carbocycles. The number of para-hydroxylation sites is 2. The summed E-state index contributed by atoms with van der Waals surface area (Å²) in [6, 6.07) is 8.74. The molecule has 2 heterocycles. The molecule has 94 valence electrons. The van der Waals surface area contributed by atoms with Crippen LogP contribution in [0.4, 0.5) is 0 Å². The van der Waals surface area contributed by atoms with E-state index < -0.39 is 0 Å². The Kier molecular flexibility index (Phi) is 3.48. The van der Waals surface area contributed by atoms with E-state index in [0.29, 0.717) is 6.04 Å². The highest BCUT2D eigenvalue weighted by Crippen LogP contribution is 2.22. The van der Waals surface area contributed by atoms with Crippen molar-refractivity contribution in [1.82, 2.24) is 14.9 Å². The van der Waals surface area contributed by atoms with E-state index in [1.54, 1.807) is 0 Å². The molecule has 1 aliphatic rings. The van der Waals surface area contributed by atoms with E-state index >= 15 is 0 Å². The van der Waals surface area contributed by atoms with Crippen LogP contribution in [0.1, 0.15) is 12.1 Å². The number of benzene rings is 1. The fourth-order valence-corrected chi connectivity index (χ4v) is 3.62. The Balaban J connectivity index is 1.77. The van der Waals surface area contributed by atoms with Gasteiger partial charge >= 0.3 is 0 Å². The van der Waals surface area contributed by atoms with Gasteiger partial charge < -0.3 is 0 Å². The molecular weight excluding hydrogens is 242 g/mol. The molecule has 1 atom stereocenters. The standard InChI is InChI=1S/C14H17N3S/c1-17(12-6-7-18-10-12)9-11-8-15-13-4-2-3-5-14(13)16-11/h2-5,8,12H,6-7,9-10H2,1H3/t12-/m0/s1. The molecule has 1 aromatic heterocycles. The average Bonchev–Trinajstić information content (AvgIpc) is 2.92. The molecule has 1 aliphatic heterocycles. The molecule has 1 saturated heterocycles. The fraction of sp³-hybridized carbons (Fsp3) is 0.429. The van der Waals surface area contributed by atoms with Gasteiger partial charge in [-0.1, -0.05) is 12.1 Å². The molecule has 0 saturated carbocycles. The summed E-state index contributed by atoms with van der Waals surface area (Å²) < 4.78 is 0. The summed E-state index contributed by atoms with van der Waals surface area (Å²) in [5, 5.41) is 0. The van der Waals surface area contributed by atoms with Crippen molar-refractivity contribution in [3.63, 3.8) is 0 Å². The minimum Gasteiger partial charge on any atom is -0.297 e. The highest BCUT2D eigenvalue weighted by molar-refractivity contribution is 7.99. The van der Waals surface area contributed by atoms with E-state index in [1.165, 1.54) is 17.9 Å². The molecule has 18 heavy (non-hydrogen) atoms. The Labute approximate surface area is 112 Å². The maximum absolute atomic E-state index is 4.68. The predicted molar refractivity (Wildman–Crippen MR) is 76.7 cm³/mol. The third kappa shape index (κ3) is 2.49. The Morgan fingerprint density at radius 1 is 1.33 bits per heavy atom. The summed E-state index contributed by atoms with van der Waals surface area (Å²) in [5.41, 5.74) is 3.03. The van der Waals surface area contributed by atoms with Crippen LogP contribution in [0.25, 0.3) is 11.0 Å². The monoisotopic (exact) mass is 259 g/mol. The average molecular weight is 259 g/mol. The molecule has 0 spiro atoms. The summed E-state index contributed by atoms with van der Waals surface area (Å²) in [6.45, 7) is 0.892. The van der Waals surface area contributed by atoms with Crippen LogP contribution in [0.5, 0.6) is 0 Å². The maximum Gasteiger partial charge on any atom is 0.0890 e. The number of rotatable bonds is 3. The summed E-state index contributed by atoms with van der Waals surface area (Å²) >= 11 is 2.05. The zero-order chi connectivity index (χ0) is 12.4. The normalized spacial score (nSPS) is 19.8. The first kappa shape index (κ1) is 11.9. The number of hydrogen-bond donors (Lipinski definition) is 0. The van der Waals surface area contributed by atoms with Crippen molar-refractivity contribution >= 4 is 22.8 Å². The molecule has 3 nitrogen and oxygen atoms in total.